The van der Waals surface area contributed by atoms with Crippen molar-refractivity contribution in [3.8, 4) is 0 Å². The summed E-state index contributed by atoms with van der Waals surface area (Å²) in [5.74, 6) is 0.0884. The molecule has 0 bridgehead atoms. The molecule has 6 nitrogen and oxygen atoms in total. The number of sulfonamides is 1. The molecule has 0 saturated heterocycles. The van der Waals surface area contributed by atoms with Crippen LogP contribution in [0.15, 0.2) is 60.0 Å². The Kier molecular flexibility index (Phi) is 5.25. The molecule has 0 aliphatic carbocycles. The van der Waals surface area contributed by atoms with Gasteiger partial charge in [0.1, 0.15) is 5.82 Å². The van der Waals surface area contributed by atoms with E-state index in [1.165, 1.54) is 30.3 Å². The summed E-state index contributed by atoms with van der Waals surface area (Å²) in [5, 5.41) is 2.66. The van der Waals surface area contributed by atoms with Gasteiger partial charge in [0.2, 0.25) is 10.0 Å². The topological polar surface area (TPSA) is 88.2 Å². The number of carbonyl (C=O) groups excluding carboxylic acids is 1. The summed E-state index contributed by atoms with van der Waals surface area (Å²) < 4.78 is 26.2. The highest BCUT2D eigenvalue weighted by Crippen LogP contribution is 2.12. The number of hydrogen-bond donors (Lipinski definition) is 2. The molecule has 2 rings (SSSR count). The summed E-state index contributed by atoms with van der Waals surface area (Å²) in [5.41, 5.74) is 1.13. The number of aryl methyl sites for hydroxylation is 1. The first-order chi connectivity index (χ1) is 10.9. The van der Waals surface area contributed by atoms with Gasteiger partial charge in [-0.2, -0.15) is 0 Å². The van der Waals surface area contributed by atoms with Crippen molar-refractivity contribution < 1.29 is 13.2 Å². The predicted octanol–water partition coefficient (Wildman–Crippen LogP) is 2.11. The summed E-state index contributed by atoms with van der Waals surface area (Å²) >= 11 is 0. The van der Waals surface area contributed by atoms with Crippen LogP contribution in [0, 0.1) is 6.92 Å². The van der Waals surface area contributed by atoms with E-state index in [1.54, 1.807) is 12.1 Å². The van der Waals surface area contributed by atoms with Crippen molar-refractivity contribution >= 4 is 21.7 Å². The second-order valence-corrected chi connectivity index (χ2v) is 6.55. The Balaban J connectivity index is 2.13. The quantitative estimate of drug-likeness (QED) is 0.794. The third-order valence-electron chi connectivity index (χ3n) is 2.97. The molecule has 1 amide bonds. The highest BCUT2D eigenvalue weighted by molar-refractivity contribution is 7.89. The van der Waals surface area contributed by atoms with E-state index >= 15 is 0 Å². The number of nitrogens with zero attached hydrogens (tertiary/aromatic N) is 1. The maximum Gasteiger partial charge on any atom is 0.256 e. The van der Waals surface area contributed by atoms with Crippen LogP contribution in [0.1, 0.15) is 16.1 Å². The zero-order valence-corrected chi connectivity index (χ0v) is 13.4. The molecule has 1 aromatic carbocycles. The van der Waals surface area contributed by atoms with E-state index in [4.69, 9.17) is 0 Å². The number of anilines is 1. The summed E-state index contributed by atoms with van der Waals surface area (Å²) in [7, 11) is -3.59. The zero-order valence-electron chi connectivity index (χ0n) is 12.6. The maximum absolute atomic E-state index is 12.1. The molecule has 0 aliphatic rings. The molecule has 0 unspecified atom stereocenters. The Morgan fingerprint density at radius 1 is 1.22 bits per heavy atom. The van der Waals surface area contributed by atoms with E-state index < -0.39 is 10.0 Å². The van der Waals surface area contributed by atoms with Gasteiger partial charge in [0, 0.05) is 17.8 Å². The van der Waals surface area contributed by atoms with Crippen molar-refractivity contribution in [2.24, 2.45) is 0 Å². The summed E-state index contributed by atoms with van der Waals surface area (Å²) in [6, 6.07) is 11.0. The number of amides is 1. The molecule has 0 radical (unpaired) electrons. The van der Waals surface area contributed by atoms with Crippen molar-refractivity contribution in [2.75, 3.05) is 11.9 Å². The lowest BCUT2D eigenvalue weighted by atomic mass is 10.2. The minimum absolute atomic E-state index is 0.0876. The standard InChI is InChI=1S/C16H17N3O3S/c1-3-11-17-23(21,22)14-9-7-13(8-10-14)16(20)19-15-6-4-5-12(2)18-15/h3-10,17H,1,11H2,2H3,(H,18,19,20). The second kappa shape index (κ2) is 7.17. The fourth-order valence-corrected chi connectivity index (χ4v) is 2.84. The van der Waals surface area contributed by atoms with Crippen LogP contribution >= 0.6 is 0 Å². The van der Waals surface area contributed by atoms with E-state index in [-0.39, 0.29) is 17.3 Å². The number of pyridine rings is 1. The molecule has 2 N–H and O–H groups in total. The van der Waals surface area contributed by atoms with Crippen LogP contribution in [0.2, 0.25) is 0 Å². The maximum atomic E-state index is 12.1. The van der Waals surface area contributed by atoms with E-state index in [1.807, 2.05) is 13.0 Å². The highest BCUT2D eigenvalue weighted by atomic mass is 32.2. The molecule has 23 heavy (non-hydrogen) atoms. The molecule has 7 heteroatoms. The number of carbonyl (C=O) groups is 1. The lowest BCUT2D eigenvalue weighted by Gasteiger charge is -2.07. The van der Waals surface area contributed by atoms with E-state index in [0.717, 1.165) is 5.69 Å². The average molecular weight is 331 g/mol. The van der Waals surface area contributed by atoms with Crippen LogP contribution in [0.5, 0.6) is 0 Å². The van der Waals surface area contributed by atoms with Gasteiger partial charge >= 0.3 is 0 Å². The SMILES string of the molecule is C=CCNS(=O)(=O)c1ccc(C(=O)Nc2cccc(C)n2)cc1. The summed E-state index contributed by atoms with van der Waals surface area (Å²) in [4.78, 5) is 16.4. The minimum Gasteiger partial charge on any atom is -0.307 e. The first kappa shape index (κ1) is 16.9. The number of hydrogen-bond acceptors (Lipinski definition) is 4. The Hall–Kier alpha value is -2.51. The number of aromatic nitrogens is 1. The normalized spacial score (nSPS) is 11.0. The van der Waals surface area contributed by atoms with Crippen LogP contribution in [0.4, 0.5) is 5.82 Å². The second-order valence-electron chi connectivity index (χ2n) is 4.78. The summed E-state index contributed by atoms with van der Waals surface area (Å²) in [6.45, 7) is 5.42. The van der Waals surface area contributed by atoms with E-state index in [0.29, 0.717) is 11.4 Å². The van der Waals surface area contributed by atoms with Gasteiger partial charge < -0.3 is 5.32 Å². The van der Waals surface area contributed by atoms with Gasteiger partial charge in [-0.25, -0.2) is 18.1 Å². The van der Waals surface area contributed by atoms with Gasteiger partial charge in [0.15, 0.2) is 0 Å². The Bertz CT molecular complexity index is 815. The molecule has 0 fully saturated rings. The Labute approximate surface area is 135 Å². The van der Waals surface area contributed by atoms with Gasteiger partial charge in [0.25, 0.3) is 5.91 Å². The summed E-state index contributed by atoms with van der Waals surface area (Å²) in [6.07, 6.45) is 1.45. The number of nitrogens with one attached hydrogen (secondary N) is 2. The van der Waals surface area contributed by atoms with Crippen LogP contribution in [-0.2, 0) is 10.0 Å². The monoisotopic (exact) mass is 331 g/mol. The first-order valence-corrected chi connectivity index (χ1v) is 8.36. The molecule has 0 aliphatic heterocycles. The first-order valence-electron chi connectivity index (χ1n) is 6.88. The smallest absolute Gasteiger partial charge is 0.256 e. The third kappa shape index (κ3) is 4.48. The molecule has 0 atom stereocenters. The van der Waals surface area contributed by atoms with E-state index in [9.17, 15) is 13.2 Å². The average Bonchev–Trinajstić information content (AvgIpc) is 2.53. The van der Waals surface area contributed by atoms with Crippen molar-refractivity contribution in [1.29, 1.82) is 0 Å². The van der Waals surface area contributed by atoms with E-state index in [2.05, 4.69) is 21.6 Å². The molecular weight excluding hydrogens is 314 g/mol. The minimum atomic E-state index is -3.59. The largest absolute Gasteiger partial charge is 0.307 e. The molecule has 1 aromatic heterocycles. The van der Waals surface area contributed by atoms with Crippen molar-refractivity contribution in [3.05, 3.63) is 66.4 Å². The molecule has 2 aromatic rings. The van der Waals surface area contributed by atoms with Crippen LogP contribution < -0.4 is 10.0 Å². The van der Waals surface area contributed by atoms with Crippen LogP contribution in [0.25, 0.3) is 0 Å². The Morgan fingerprint density at radius 2 is 1.91 bits per heavy atom. The zero-order chi connectivity index (χ0) is 16.9. The molecule has 0 saturated carbocycles. The van der Waals surface area contributed by atoms with Gasteiger partial charge in [-0.3, -0.25) is 4.79 Å². The van der Waals surface area contributed by atoms with Gasteiger partial charge in [-0.05, 0) is 43.3 Å². The Morgan fingerprint density at radius 3 is 2.52 bits per heavy atom. The van der Waals surface area contributed by atoms with Crippen LogP contribution in [0.3, 0.4) is 0 Å². The molecule has 1 heterocycles. The highest BCUT2D eigenvalue weighted by Gasteiger charge is 2.14. The van der Waals surface area contributed by atoms with Gasteiger partial charge in [0.05, 0.1) is 4.90 Å². The third-order valence-corrected chi connectivity index (χ3v) is 4.41. The number of rotatable bonds is 6. The fraction of sp³-hybridized carbons (Fsp3) is 0.125. The van der Waals surface area contributed by atoms with Gasteiger partial charge in [-0.1, -0.05) is 12.1 Å². The molecular formula is C16H17N3O3S. The predicted molar refractivity (Wildman–Crippen MR) is 88.8 cm³/mol. The lowest BCUT2D eigenvalue weighted by Crippen LogP contribution is -2.23. The fourth-order valence-electron chi connectivity index (χ4n) is 1.84. The lowest BCUT2D eigenvalue weighted by molar-refractivity contribution is 0.102. The number of benzene rings is 1. The van der Waals surface area contributed by atoms with Crippen molar-refractivity contribution in [2.45, 2.75) is 11.8 Å². The van der Waals surface area contributed by atoms with Crippen molar-refractivity contribution in [1.82, 2.24) is 9.71 Å². The van der Waals surface area contributed by atoms with Crippen LogP contribution in [-0.4, -0.2) is 25.9 Å². The van der Waals surface area contributed by atoms with Gasteiger partial charge in [-0.15, -0.1) is 6.58 Å². The molecule has 120 valence electrons. The van der Waals surface area contributed by atoms with Crippen molar-refractivity contribution in [3.63, 3.8) is 0 Å². The molecule has 0 spiro atoms.